The van der Waals surface area contributed by atoms with Gasteiger partial charge in [-0.1, -0.05) is 72.3 Å². The zero-order valence-corrected chi connectivity index (χ0v) is 20.5. The van der Waals surface area contributed by atoms with Crippen LogP contribution >= 0.6 is 0 Å². The molecule has 5 heteroatoms. The summed E-state index contributed by atoms with van der Waals surface area (Å²) in [4.78, 5) is 28.4. The molecule has 5 nitrogen and oxygen atoms in total. The molecule has 1 unspecified atom stereocenters. The first-order chi connectivity index (χ1) is 16.4. The number of carbonyl (C=O) groups excluding carboxylic acids is 2. The second-order valence-corrected chi connectivity index (χ2v) is 8.59. The summed E-state index contributed by atoms with van der Waals surface area (Å²) in [6, 6.07) is 23.0. The van der Waals surface area contributed by atoms with E-state index in [1.807, 2.05) is 100 Å². The van der Waals surface area contributed by atoms with Crippen molar-refractivity contribution in [2.24, 2.45) is 0 Å². The Hall–Kier alpha value is -3.60. The van der Waals surface area contributed by atoms with E-state index >= 15 is 0 Å². The van der Waals surface area contributed by atoms with Gasteiger partial charge >= 0.3 is 0 Å². The minimum absolute atomic E-state index is 0.138. The standard InChI is InChI=1S/C29H34N2O3/c1-5-30-29(33)26(18-24-11-7-6-8-12-24)31(19-25-16-14-21(2)15-17-25)28(32)20-34-27-13-9-10-22(3)23(27)4/h6-17,26H,5,18-20H2,1-4H3,(H,30,33). The predicted octanol–water partition coefficient (Wildman–Crippen LogP) is 4.77. The van der Waals surface area contributed by atoms with Gasteiger partial charge in [-0.25, -0.2) is 0 Å². The molecule has 0 radical (unpaired) electrons. The van der Waals surface area contributed by atoms with Crippen LogP contribution in [-0.4, -0.2) is 35.9 Å². The van der Waals surface area contributed by atoms with Gasteiger partial charge < -0.3 is 15.0 Å². The molecule has 178 valence electrons. The Morgan fingerprint density at radius 3 is 2.26 bits per heavy atom. The molecular formula is C29H34N2O3. The number of nitrogens with one attached hydrogen (secondary N) is 1. The lowest BCUT2D eigenvalue weighted by Gasteiger charge is -2.31. The van der Waals surface area contributed by atoms with Crippen LogP contribution in [-0.2, 0) is 22.6 Å². The van der Waals surface area contributed by atoms with Crippen LogP contribution in [0.4, 0.5) is 0 Å². The van der Waals surface area contributed by atoms with Crippen LogP contribution in [0, 0.1) is 20.8 Å². The Labute approximate surface area is 202 Å². The zero-order chi connectivity index (χ0) is 24.5. The van der Waals surface area contributed by atoms with Crippen LogP contribution in [0.5, 0.6) is 5.75 Å². The first-order valence-corrected chi connectivity index (χ1v) is 11.7. The molecule has 0 aliphatic heterocycles. The molecule has 0 bridgehead atoms. The van der Waals surface area contributed by atoms with Crippen molar-refractivity contribution in [3.63, 3.8) is 0 Å². The Morgan fingerprint density at radius 1 is 0.882 bits per heavy atom. The van der Waals surface area contributed by atoms with E-state index < -0.39 is 6.04 Å². The van der Waals surface area contributed by atoms with Crippen molar-refractivity contribution in [1.82, 2.24) is 10.2 Å². The Kier molecular flexibility index (Phi) is 8.86. The van der Waals surface area contributed by atoms with E-state index in [9.17, 15) is 9.59 Å². The van der Waals surface area contributed by atoms with Crippen LogP contribution in [0.3, 0.4) is 0 Å². The molecule has 2 amide bonds. The Bertz CT molecular complexity index is 1090. The molecule has 0 saturated heterocycles. The number of aryl methyl sites for hydroxylation is 2. The van der Waals surface area contributed by atoms with E-state index in [4.69, 9.17) is 4.74 Å². The number of likely N-dealkylation sites (N-methyl/N-ethyl adjacent to an activating group) is 1. The maximum absolute atomic E-state index is 13.5. The second kappa shape index (κ2) is 12.0. The van der Waals surface area contributed by atoms with Gasteiger partial charge in [-0.2, -0.15) is 0 Å². The summed E-state index contributed by atoms with van der Waals surface area (Å²) in [5, 5.41) is 2.91. The molecule has 3 rings (SSSR count). The lowest BCUT2D eigenvalue weighted by atomic mass is 10.0. The monoisotopic (exact) mass is 458 g/mol. The highest BCUT2D eigenvalue weighted by molar-refractivity contribution is 5.88. The van der Waals surface area contributed by atoms with Gasteiger partial charge in [0.2, 0.25) is 5.91 Å². The van der Waals surface area contributed by atoms with Gasteiger partial charge in [0.05, 0.1) is 0 Å². The van der Waals surface area contributed by atoms with Crippen LogP contribution in [0.15, 0.2) is 72.8 Å². The van der Waals surface area contributed by atoms with Gasteiger partial charge in [0.1, 0.15) is 11.8 Å². The molecule has 0 saturated carbocycles. The summed E-state index contributed by atoms with van der Waals surface area (Å²) >= 11 is 0. The number of nitrogens with zero attached hydrogens (tertiary/aromatic N) is 1. The third-order valence-electron chi connectivity index (χ3n) is 6.00. The van der Waals surface area contributed by atoms with E-state index in [2.05, 4.69) is 5.32 Å². The van der Waals surface area contributed by atoms with Gasteiger partial charge in [-0.15, -0.1) is 0 Å². The zero-order valence-electron chi connectivity index (χ0n) is 20.5. The first-order valence-electron chi connectivity index (χ1n) is 11.7. The van der Waals surface area contributed by atoms with Crippen molar-refractivity contribution in [2.45, 2.75) is 46.7 Å². The maximum Gasteiger partial charge on any atom is 0.261 e. The second-order valence-electron chi connectivity index (χ2n) is 8.59. The number of carbonyl (C=O) groups is 2. The minimum atomic E-state index is -0.654. The lowest BCUT2D eigenvalue weighted by molar-refractivity contribution is -0.142. The van der Waals surface area contributed by atoms with Crippen LogP contribution in [0.25, 0.3) is 0 Å². The van der Waals surface area contributed by atoms with E-state index in [0.717, 1.165) is 27.8 Å². The SMILES string of the molecule is CCNC(=O)C(Cc1ccccc1)N(Cc1ccc(C)cc1)C(=O)COc1cccc(C)c1C. The molecule has 1 atom stereocenters. The fraction of sp³-hybridized carbons (Fsp3) is 0.310. The average molecular weight is 459 g/mol. The Morgan fingerprint density at radius 2 is 1.59 bits per heavy atom. The first kappa shape index (κ1) is 25.0. The fourth-order valence-corrected chi connectivity index (χ4v) is 3.84. The van der Waals surface area contributed by atoms with Crippen molar-refractivity contribution < 1.29 is 14.3 Å². The van der Waals surface area contributed by atoms with Gasteiger partial charge in [-0.3, -0.25) is 9.59 Å². The summed E-state index contributed by atoms with van der Waals surface area (Å²) in [6.07, 6.45) is 0.424. The number of hydrogen-bond acceptors (Lipinski definition) is 3. The molecule has 0 aromatic heterocycles. The molecule has 3 aromatic rings. The predicted molar refractivity (Wildman–Crippen MR) is 136 cm³/mol. The third-order valence-corrected chi connectivity index (χ3v) is 6.00. The molecule has 3 aromatic carbocycles. The quantitative estimate of drug-likeness (QED) is 0.476. The van der Waals surface area contributed by atoms with E-state index in [-0.39, 0.29) is 18.4 Å². The van der Waals surface area contributed by atoms with Crippen molar-refractivity contribution in [3.05, 3.63) is 101 Å². The van der Waals surface area contributed by atoms with Gasteiger partial charge in [0.25, 0.3) is 5.91 Å². The molecule has 0 fully saturated rings. The summed E-state index contributed by atoms with van der Waals surface area (Å²) in [6.45, 7) is 8.58. The highest BCUT2D eigenvalue weighted by Gasteiger charge is 2.30. The van der Waals surface area contributed by atoms with E-state index in [0.29, 0.717) is 25.3 Å². The number of benzene rings is 3. The number of amides is 2. The molecular weight excluding hydrogens is 424 g/mol. The van der Waals surface area contributed by atoms with Gasteiger partial charge in [0, 0.05) is 19.5 Å². The topological polar surface area (TPSA) is 58.6 Å². The summed E-state index contributed by atoms with van der Waals surface area (Å²) in [5.74, 6) is 0.286. The summed E-state index contributed by atoms with van der Waals surface area (Å²) in [7, 11) is 0. The molecule has 0 aliphatic rings. The molecule has 0 heterocycles. The van der Waals surface area contributed by atoms with Crippen molar-refractivity contribution in [3.8, 4) is 5.75 Å². The van der Waals surface area contributed by atoms with Crippen LogP contribution in [0.1, 0.15) is 34.7 Å². The molecule has 1 N–H and O–H groups in total. The lowest BCUT2D eigenvalue weighted by Crippen LogP contribution is -2.51. The largest absolute Gasteiger partial charge is 0.483 e. The van der Waals surface area contributed by atoms with Crippen molar-refractivity contribution in [2.75, 3.05) is 13.2 Å². The smallest absolute Gasteiger partial charge is 0.261 e. The van der Waals surface area contributed by atoms with Gasteiger partial charge in [0.15, 0.2) is 6.61 Å². The van der Waals surface area contributed by atoms with Crippen molar-refractivity contribution in [1.29, 1.82) is 0 Å². The summed E-state index contributed by atoms with van der Waals surface area (Å²) < 4.78 is 5.93. The van der Waals surface area contributed by atoms with E-state index in [1.165, 1.54) is 0 Å². The molecule has 0 aliphatic carbocycles. The van der Waals surface area contributed by atoms with Gasteiger partial charge in [-0.05, 0) is 56.0 Å². The fourth-order valence-electron chi connectivity index (χ4n) is 3.84. The molecule has 34 heavy (non-hydrogen) atoms. The minimum Gasteiger partial charge on any atom is -0.483 e. The Balaban J connectivity index is 1.90. The average Bonchev–Trinajstić information content (AvgIpc) is 2.84. The summed E-state index contributed by atoms with van der Waals surface area (Å²) in [5.41, 5.74) is 5.21. The highest BCUT2D eigenvalue weighted by Crippen LogP contribution is 2.21. The maximum atomic E-state index is 13.5. The molecule has 0 spiro atoms. The number of ether oxygens (including phenoxy) is 1. The number of hydrogen-bond donors (Lipinski definition) is 1. The third kappa shape index (κ3) is 6.70. The van der Waals surface area contributed by atoms with E-state index in [1.54, 1.807) is 4.90 Å². The van der Waals surface area contributed by atoms with Crippen LogP contribution in [0.2, 0.25) is 0 Å². The highest BCUT2D eigenvalue weighted by atomic mass is 16.5. The van der Waals surface area contributed by atoms with Crippen LogP contribution < -0.4 is 10.1 Å². The van der Waals surface area contributed by atoms with Crippen molar-refractivity contribution >= 4 is 11.8 Å². The number of rotatable bonds is 10. The normalized spacial score (nSPS) is 11.5.